The molecule has 2 N–H and O–H groups in total. The maximum Gasteiger partial charge on any atom is 0.339 e. The standard InChI is InChI=1S/C18H23N3O3/c1-12(13-6-7-17(24-2)16(9-13)18(22)23)19-11-14-10-15-5-3-4-8-21(15)20-14/h6-7,9-10,12,19H,3-5,8,11H2,1-2H3,(H,22,23)/t12-/m0/s1. The Bertz CT molecular complexity index is 716. The highest BCUT2D eigenvalue weighted by molar-refractivity contribution is 5.91. The summed E-state index contributed by atoms with van der Waals surface area (Å²) in [6.07, 6.45) is 3.53. The Morgan fingerprint density at radius 1 is 1.42 bits per heavy atom. The molecule has 1 aromatic carbocycles. The van der Waals surface area contributed by atoms with Gasteiger partial charge in [0.1, 0.15) is 11.3 Å². The molecule has 0 radical (unpaired) electrons. The average molecular weight is 329 g/mol. The molecule has 0 bridgehead atoms. The Hall–Kier alpha value is -2.34. The number of nitrogens with zero attached hydrogens (tertiary/aromatic N) is 2. The zero-order chi connectivity index (χ0) is 17.1. The minimum absolute atomic E-state index is 0.0211. The van der Waals surface area contributed by atoms with Crippen molar-refractivity contribution in [1.82, 2.24) is 15.1 Å². The van der Waals surface area contributed by atoms with Crippen molar-refractivity contribution in [2.75, 3.05) is 7.11 Å². The fourth-order valence-electron chi connectivity index (χ4n) is 3.10. The summed E-state index contributed by atoms with van der Waals surface area (Å²) in [5.41, 5.74) is 3.44. The number of ether oxygens (including phenoxy) is 1. The molecule has 0 aliphatic carbocycles. The van der Waals surface area contributed by atoms with Crippen molar-refractivity contribution in [2.45, 2.75) is 45.3 Å². The lowest BCUT2D eigenvalue weighted by Gasteiger charge is -2.15. The second-order valence-corrected chi connectivity index (χ2v) is 6.17. The molecule has 0 amide bonds. The largest absolute Gasteiger partial charge is 0.496 e. The van der Waals surface area contributed by atoms with Gasteiger partial charge in [0.2, 0.25) is 0 Å². The van der Waals surface area contributed by atoms with Crippen LogP contribution in [0.1, 0.15) is 53.1 Å². The third-order valence-corrected chi connectivity index (χ3v) is 4.51. The zero-order valence-corrected chi connectivity index (χ0v) is 14.1. The van der Waals surface area contributed by atoms with Gasteiger partial charge in [0, 0.05) is 24.8 Å². The third kappa shape index (κ3) is 3.43. The van der Waals surface area contributed by atoms with Gasteiger partial charge < -0.3 is 15.2 Å². The van der Waals surface area contributed by atoms with E-state index in [9.17, 15) is 9.90 Å². The van der Waals surface area contributed by atoms with E-state index in [1.54, 1.807) is 12.1 Å². The normalized spacial score (nSPS) is 14.9. The van der Waals surface area contributed by atoms with Crippen LogP contribution in [-0.2, 0) is 19.5 Å². The number of fused-ring (bicyclic) bond motifs is 1. The van der Waals surface area contributed by atoms with Crippen LogP contribution >= 0.6 is 0 Å². The number of hydrogen-bond donors (Lipinski definition) is 2. The van der Waals surface area contributed by atoms with Crippen LogP contribution in [0.3, 0.4) is 0 Å². The van der Waals surface area contributed by atoms with Gasteiger partial charge in [-0.25, -0.2) is 4.79 Å². The predicted octanol–water partition coefficient (Wildman–Crippen LogP) is 2.78. The molecule has 0 saturated carbocycles. The van der Waals surface area contributed by atoms with Crippen molar-refractivity contribution in [3.05, 3.63) is 46.8 Å². The molecule has 1 aliphatic heterocycles. The molecule has 0 fully saturated rings. The van der Waals surface area contributed by atoms with Crippen LogP contribution < -0.4 is 10.1 Å². The molecule has 24 heavy (non-hydrogen) atoms. The van der Waals surface area contributed by atoms with Crippen LogP contribution in [0.5, 0.6) is 5.75 Å². The first kappa shape index (κ1) is 16.5. The fourth-order valence-corrected chi connectivity index (χ4v) is 3.10. The van der Waals surface area contributed by atoms with Crippen LogP contribution in [-0.4, -0.2) is 28.0 Å². The van der Waals surface area contributed by atoms with Crippen LogP contribution in [0.15, 0.2) is 24.3 Å². The number of carboxylic acids is 1. The Balaban J connectivity index is 1.68. The Morgan fingerprint density at radius 2 is 2.25 bits per heavy atom. The molecule has 2 heterocycles. The van der Waals surface area contributed by atoms with Gasteiger partial charge in [-0.2, -0.15) is 5.10 Å². The lowest BCUT2D eigenvalue weighted by molar-refractivity contribution is 0.0693. The number of nitrogens with one attached hydrogen (secondary N) is 1. The van der Waals surface area contributed by atoms with E-state index in [0.717, 1.165) is 24.2 Å². The molecule has 6 heteroatoms. The minimum atomic E-state index is -0.984. The highest BCUT2D eigenvalue weighted by Crippen LogP contribution is 2.24. The number of aromatic carboxylic acids is 1. The van der Waals surface area contributed by atoms with Crippen molar-refractivity contribution in [3.63, 3.8) is 0 Å². The lowest BCUT2D eigenvalue weighted by atomic mass is 10.0. The summed E-state index contributed by atoms with van der Waals surface area (Å²) >= 11 is 0. The van der Waals surface area contributed by atoms with Gasteiger partial charge in [-0.1, -0.05) is 6.07 Å². The predicted molar refractivity (Wildman–Crippen MR) is 90.4 cm³/mol. The van der Waals surface area contributed by atoms with E-state index >= 15 is 0 Å². The van der Waals surface area contributed by atoms with Gasteiger partial charge in [-0.3, -0.25) is 4.68 Å². The monoisotopic (exact) mass is 329 g/mol. The number of hydrogen-bond acceptors (Lipinski definition) is 4. The van der Waals surface area contributed by atoms with Crippen molar-refractivity contribution in [3.8, 4) is 5.75 Å². The summed E-state index contributed by atoms with van der Waals surface area (Å²) in [5.74, 6) is -0.608. The van der Waals surface area contributed by atoms with E-state index in [-0.39, 0.29) is 11.6 Å². The second kappa shape index (κ2) is 7.05. The number of rotatable bonds is 6. The summed E-state index contributed by atoms with van der Waals surface area (Å²) in [4.78, 5) is 11.3. The van der Waals surface area contributed by atoms with Crippen molar-refractivity contribution < 1.29 is 14.6 Å². The minimum Gasteiger partial charge on any atom is -0.496 e. The maximum absolute atomic E-state index is 11.3. The van der Waals surface area contributed by atoms with E-state index in [1.165, 1.54) is 25.6 Å². The number of carboxylic acid groups (broad SMARTS) is 1. The van der Waals surface area contributed by atoms with E-state index in [4.69, 9.17) is 4.74 Å². The molecule has 1 aliphatic rings. The fraction of sp³-hybridized carbons (Fsp3) is 0.444. The van der Waals surface area contributed by atoms with Crippen molar-refractivity contribution >= 4 is 5.97 Å². The number of carbonyl (C=O) groups is 1. The van der Waals surface area contributed by atoms with Gasteiger partial charge in [-0.15, -0.1) is 0 Å². The number of aromatic nitrogens is 2. The molecule has 1 atom stereocenters. The Kier molecular flexibility index (Phi) is 4.85. The third-order valence-electron chi connectivity index (χ3n) is 4.51. The summed E-state index contributed by atoms with van der Waals surface area (Å²) in [6, 6.07) is 7.44. The van der Waals surface area contributed by atoms with Crippen LogP contribution in [0, 0.1) is 0 Å². The molecule has 6 nitrogen and oxygen atoms in total. The number of aryl methyl sites for hydroxylation is 2. The van der Waals surface area contributed by atoms with Gasteiger partial charge in [-0.05, 0) is 49.9 Å². The molecule has 1 aromatic heterocycles. The molecule has 0 spiro atoms. The first-order valence-corrected chi connectivity index (χ1v) is 8.28. The van der Waals surface area contributed by atoms with Gasteiger partial charge in [0.05, 0.1) is 12.8 Å². The molecule has 0 unspecified atom stereocenters. The average Bonchev–Trinajstić information content (AvgIpc) is 3.02. The topological polar surface area (TPSA) is 76.4 Å². The molecule has 0 saturated heterocycles. The maximum atomic E-state index is 11.3. The zero-order valence-electron chi connectivity index (χ0n) is 14.1. The van der Waals surface area contributed by atoms with Gasteiger partial charge in [0.15, 0.2) is 0 Å². The van der Waals surface area contributed by atoms with Gasteiger partial charge in [0.25, 0.3) is 0 Å². The van der Waals surface area contributed by atoms with E-state index in [2.05, 4.69) is 21.2 Å². The van der Waals surface area contributed by atoms with E-state index in [0.29, 0.717) is 12.3 Å². The van der Waals surface area contributed by atoms with Crippen LogP contribution in [0.2, 0.25) is 0 Å². The summed E-state index contributed by atoms with van der Waals surface area (Å²) < 4.78 is 7.20. The number of benzene rings is 1. The smallest absolute Gasteiger partial charge is 0.339 e. The van der Waals surface area contributed by atoms with Crippen molar-refractivity contribution in [2.24, 2.45) is 0 Å². The summed E-state index contributed by atoms with van der Waals surface area (Å²) in [5, 5.41) is 17.3. The lowest BCUT2D eigenvalue weighted by Crippen LogP contribution is -2.19. The second-order valence-electron chi connectivity index (χ2n) is 6.17. The van der Waals surface area contributed by atoms with Crippen LogP contribution in [0.25, 0.3) is 0 Å². The van der Waals surface area contributed by atoms with E-state index < -0.39 is 5.97 Å². The van der Waals surface area contributed by atoms with E-state index in [1.807, 2.05) is 13.0 Å². The van der Waals surface area contributed by atoms with Crippen molar-refractivity contribution in [1.29, 1.82) is 0 Å². The molecule has 3 rings (SSSR count). The van der Waals surface area contributed by atoms with Gasteiger partial charge >= 0.3 is 5.97 Å². The summed E-state index contributed by atoms with van der Waals surface area (Å²) in [7, 11) is 1.48. The Labute approximate surface area is 141 Å². The first-order valence-electron chi connectivity index (χ1n) is 8.28. The highest BCUT2D eigenvalue weighted by atomic mass is 16.5. The molecular formula is C18H23N3O3. The highest BCUT2D eigenvalue weighted by Gasteiger charge is 2.16. The number of methoxy groups -OCH3 is 1. The molecule has 128 valence electrons. The van der Waals surface area contributed by atoms with Crippen LogP contribution in [0.4, 0.5) is 0 Å². The quantitative estimate of drug-likeness (QED) is 0.852. The first-order chi connectivity index (χ1) is 11.6. The summed E-state index contributed by atoms with van der Waals surface area (Å²) in [6.45, 7) is 3.68. The molecule has 2 aromatic rings. The molecular weight excluding hydrogens is 306 g/mol. The Morgan fingerprint density at radius 3 is 2.96 bits per heavy atom. The SMILES string of the molecule is COc1ccc([C@H](C)NCc2cc3n(n2)CCCC3)cc1C(=O)O.